The summed E-state index contributed by atoms with van der Waals surface area (Å²) in [5.74, 6) is 0. The van der Waals surface area contributed by atoms with Gasteiger partial charge in [0.2, 0.25) is 0 Å². The Morgan fingerprint density at radius 1 is 1.15 bits per heavy atom. The lowest BCUT2D eigenvalue weighted by atomic mass is 10.1. The van der Waals surface area contributed by atoms with Crippen LogP contribution in [0.4, 0.5) is 5.69 Å². The first kappa shape index (κ1) is 15.4. The average Bonchev–Trinajstić information content (AvgIpc) is 2.45. The van der Waals surface area contributed by atoms with Crippen molar-refractivity contribution in [1.29, 1.82) is 0 Å². The molecule has 4 heteroatoms. The van der Waals surface area contributed by atoms with E-state index in [-0.39, 0.29) is 0 Å². The van der Waals surface area contributed by atoms with Gasteiger partial charge in [0.05, 0.1) is 6.61 Å². The van der Waals surface area contributed by atoms with E-state index in [0.717, 1.165) is 26.3 Å². The molecule has 2 aromatic carbocycles. The van der Waals surface area contributed by atoms with Crippen molar-refractivity contribution in [3.05, 3.63) is 63.1 Å². The van der Waals surface area contributed by atoms with Crippen LogP contribution in [0.1, 0.15) is 18.1 Å². The highest BCUT2D eigenvalue weighted by molar-refractivity contribution is 9.10. The highest BCUT2D eigenvalue weighted by Gasteiger charge is 2.04. The summed E-state index contributed by atoms with van der Waals surface area (Å²) in [6.07, 6.45) is 0. The minimum absolute atomic E-state index is 0.619. The summed E-state index contributed by atoms with van der Waals surface area (Å²) in [6, 6.07) is 14.1. The molecule has 0 aromatic heterocycles. The molecule has 2 rings (SSSR count). The molecule has 0 atom stereocenters. The fraction of sp³-hybridized carbons (Fsp3) is 0.250. The number of nitrogens with one attached hydrogen (secondary N) is 1. The second-order valence-corrected chi connectivity index (χ2v) is 5.71. The maximum Gasteiger partial charge on any atom is 0.0736 e. The Morgan fingerprint density at radius 2 is 1.95 bits per heavy atom. The molecule has 0 saturated carbocycles. The minimum atomic E-state index is 0.619. The quantitative estimate of drug-likeness (QED) is 0.765. The molecule has 20 heavy (non-hydrogen) atoms. The number of rotatable bonds is 6. The van der Waals surface area contributed by atoms with Gasteiger partial charge in [0.25, 0.3) is 0 Å². The van der Waals surface area contributed by atoms with Crippen LogP contribution in [-0.2, 0) is 17.9 Å². The van der Waals surface area contributed by atoms with Crippen LogP contribution in [0.5, 0.6) is 0 Å². The molecule has 0 amide bonds. The second-order valence-electron chi connectivity index (χ2n) is 4.38. The third-order valence-electron chi connectivity index (χ3n) is 2.96. The fourth-order valence-electron chi connectivity index (χ4n) is 1.89. The Morgan fingerprint density at radius 3 is 2.70 bits per heavy atom. The number of hydrogen-bond acceptors (Lipinski definition) is 2. The van der Waals surface area contributed by atoms with E-state index in [0.29, 0.717) is 19.8 Å². The van der Waals surface area contributed by atoms with Gasteiger partial charge in [0, 0.05) is 33.9 Å². The number of ether oxygens (including phenoxy) is 1. The van der Waals surface area contributed by atoms with E-state index in [9.17, 15) is 0 Å². The summed E-state index contributed by atoms with van der Waals surface area (Å²) < 4.78 is 6.47. The van der Waals surface area contributed by atoms with Crippen LogP contribution in [0.2, 0.25) is 5.02 Å². The van der Waals surface area contributed by atoms with Crippen molar-refractivity contribution < 1.29 is 4.74 Å². The van der Waals surface area contributed by atoms with E-state index in [4.69, 9.17) is 16.3 Å². The van der Waals surface area contributed by atoms with Crippen molar-refractivity contribution >= 4 is 33.2 Å². The maximum absolute atomic E-state index is 6.22. The fourth-order valence-corrected chi connectivity index (χ4v) is 2.63. The zero-order valence-corrected chi connectivity index (χ0v) is 13.7. The molecule has 0 spiro atoms. The molecule has 2 nitrogen and oxygen atoms in total. The molecule has 0 radical (unpaired) electrons. The van der Waals surface area contributed by atoms with E-state index in [1.54, 1.807) is 0 Å². The Balaban J connectivity index is 2.06. The van der Waals surface area contributed by atoms with Crippen LogP contribution in [0.15, 0.2) is 46.9 Å². The molecule has 0 unspecified atom stereocenters. The van der Waals surface area contributed by atoms with Gasteiger partial charge < -0.3 is 10.1 Å². The zero-order chi connectivity index (χ0) is 14.4. The Bertz CT molecular complexity index is 574. The molecule has 1 N–H and O–H groups in total. The smallest absolute Gasteiger partial charge is 0.0736 e. The Kier molecular flexibility index (Phi) is 5.89. The first-order valence-corrected chi connectivity index (χ1v) is 7.71. The SMILES string of the molecule is CCOCc1ccccc1NCc1ccc(Br)cc1Cl. The normalized spacial score (nSPS) is 10.6. The van der Waals surface area contributed by atoms with Crippen LogP contribution in [0.25, 0.3) is 0 Å². The summed E-state index contributed by atoms with van der Waals surface area (Å²) in [7, 11) is 0. The van der Waals surface area contributed by atoms with E-state index < -0.39 is 0 Å². The molecule has 106 valence electrons. The largest absolute Gasteiger partial charge is 0.381 e. The third kappa shape index (κ3) is 4.23. The zero-order valence-electron chi connectivity index (χ0n) is 11.3. The predicted molar refractivity (Wildman–Crippen MR) is 88.3 cm³/mol. The lowest BCUT2D eigenvalue weighted by Gasteiger charge is -2.13. The summed E-state index contributed by atoms with van der Waals surface area (Å²) in [4.78, 5) is 0. The van der Waals surface area contributed by atoms with E-state index >= 15 is 0 Å². The lowest BCUT2D eigenvalue weighted by Crippen LogP contribution is -2.04. The molecular formula is C16H17BrClNO. The molecule has 0 aliphatic rings. The first-order chi connectivity index (χ1) is 9.70. The van der Waals surface area contributed by atoms with Crippen LogP contribution >= 0.6 is 27.5 Å². The van der Waals surface area contributed by atoms with Crippen molar-refractivity contribution in [3.8, 4) is 0 Å². The first-order valence-electron chi connectivity index (χ1n) is 6.54. The van der Waals surface area contributed by atoms with Crippen molar-refractivity contribution in [1.82, 2.24) is 0 Å². The second kappa shape index (κ2) is 7.67. The van der Waals surface area contributed by atoms with Crippen LogP contribution < -0.4 is 5.32 Å². The van der Waals surface area contributed by atoms with Gasteiger partial charge in [-0.2, -0.15) is 0 Å². The minimum Gasteiger partial charge on any atom is -0.381 e. The number of hydrogen-bond donors (Lipinski definition) is 1. The number of anilines is 1. The third-order valence-corrected chi connectivity index (χ3v) is 3.81. The van der Waals surface area contributed by atoms with Crippen molar-refractivity contribution in [2.24, 2.45) is 0 Å². The Hall–Kier alpha value is -1.03. The number of halogens is 2. The molecule has 2 aromatic rings. The van der Waals surface area contributed by atoms with Crippen LogP contribution in [0, 0.1) is 0 Å². The van der Waals surface area contributed by atoms with Crippen LogP contribution in [-0.4, -0.2) is 6.61 Å². The molecule has 0 saturated heterocycles. The molecule has 0 bridgehead atoms. The van der Waals surface area contributed by atoms with Crippen LogP contribution in [0.3, 0.4) is 0 Å². The van der Waals surface area contributed by atoms with Crippen molar-refractivity contribution in [2.75, 3.05) is 11.9 Å². The molecule has 0 heterocycles. The van der Waals surface area contributed by atoms with Crippen molar-refractivity contribution in [3.63, 3.8) is 0 Å². The summed E-state index contributed by atoms with van der Waals surface area (Å²) in [6.45, 7) is 4.02. The molecule has 0 aliphatic carbocycles. The van der Waals surface area contributed by atoms with E-state index in [1.807, 2.05) is 37.3 Å². The molecular weight excluding hydrogens is 338 g/mol. The lowest BCUT2D eigenvalue weighted by molar-refractivity contribution is 0.134. The average molecular weight is 355 g/mol. The van der Waals surface area contributed by atoms with Gasteiger partial charge in [-0.15, -0.1) is 0 Å². The molecule has 0 fully saturated rings. The standard InChI is InChI=1S/C16H17BrClNO/c1-2-20-11-13-5-3-4-6-16(13)19-10-12-7-8-14(17)9-15(12)18/h3-9,19H,2,10-11H2,1H3. The highest BCUT2D eigenvalue weighted by atomic mass is 79.9. The highest BCUT2D eigenvalue weighted by Crippen LogP contribution is 2.23. The van der Waals surface area contributed by atoms with Gasteiger partial charge in [0.1, 0.15) is 0 Å². The topological polar surface area (TPSA) is 21.3 Å². The summed E-state index contributed by atoms with van der Waals surface area (Å²) in [5, 5.41) is 4.18. The van der Waals surface area contributed by atoms with E-state index in [2.05, 4.69) is 33.4 Å². The van der Waals surface area contributed by atoms with Gasteiger partial charge in [-0.05, 0) is 30.7 Å². The summed E-state index contributed by atoms with van der Waals surface area (Å²) >= 11 is 9.64. The predicted octanol–water partition coefficient (Wildman–Crippen LogP) is 5.25. The number of para-hydroxylation sites is 1. The van der Waals surface area contributed by atoms with Gasteiger partial charge in [-0.1, -0.05) is 51.8 Å². The summed E-state index contributed by atoms with van der Waals surface area (Å²) in [5.41, 5.74) is 3.31. The van der Waals surface area contributed by atoms with Gasteiger partial charge in [0.15, 0.2) is 0 Å². The monoisotopic (exact) mass is 353 g/mol. The Labute approximate surface area is 133 Å². The van der Waals surface area contributed by atoms with Crippen molar-refractivity contribution in [2.45, 2.75) is 20.1 Å². The molecule has 0 aliphatic heterocycles. The maximum atomic E-state index is 6.22. The van der Waals surface area contributed by atoms with Gasteiger partial charge in [-0.25, -0.2) is 0 Å². The van der Waals surface area contributed by atoms with Gasteiger partial charge >= 0.3 is 0 Å². The number of benzene rings is 2. The van der Waals surface area contributed by atoms with Gasteiger partial charge in [-0.3, -0.25) is 0 Å². The van der Waals surface area contributed by atoms with E-state index in [1.165, 1.54) is 0 Å².